The highest BCUT2D eigenvalue weighted by Gasteiger charge is 2.25. The fraction of sp³-hybridized carbons (Fsp3) is 0.0566. The second-order valence-electron chi connectivity index (χ2n) is 15.4. The summed E-state index contributed by atoms with van der Waals surface area (Å²) in [6.45, 7) is 0. The molecule has 4 heteroatoms. The number of nitrogens with zero attached hydrogens (tertiary/aromatic N) is 3. The molecule has 0 saturated heterocycles. The Morgan fingerprint density at radius 1 is 0.509 bits per heavy atom. The molecule has 0 fully saturated rings. The predicted molar refractivity (Wildman–Crippen MR) is 235 cm³/mol. The van der Waals surface area contributed by atoms with Crippen molar-refractivity contribution in [3.8, 4) is 39.3 Å². The lowest BCUT2D eigenvalue weighted by atomic mass is 9.84. The Labute approximate surface area is 328 Å². The fourth-order valence-corrected chi connectivity index (χ4v) is 9.72. The van der Waals surface area contributed by atoms with Crippen LogP contribution in [0.15, 0.2) is 187 Å². The maximum atomic E-state index is 14.1. The van der Waals surface area contributed by atoms with Crippen molar-refractivity contribution in [2.75, 3.05) is 0 Å². The summed E-state index contributed by atoms with van der Waals surface area (Å²) in [7, 11) is 0. The Hall–Kier alpha value is -7.30. The number of aromatic nitrogens is 3. The minimum Gasteiger partial charge on any atom is -0.309 e. The van der Waals surface area contributed by atoms with Gasteiger partial charge in [0.1, 0.15) is 5.82 Å². The van der Waals surface area contributed by atoms with Crippen molar-refractivity contribution in [3.63, 3.8) is 0 Å². The van der Waals surface area contributed by atoms with E-state index in [9.17, 15) is 4.79 Å². The van der Waals surface area contributed by atoms with Gasteiger partial charge in [-0.15, -0.1) is 0 Å². The van der Waals surface area contributed by atoms with Crippen molar-refractivity contribution in [1.29, 1.82) is 0 Å². The smallest absolute Gasteiger partial charge is 0.264 e. The quantitative estimate of drug-likeness (QED) is 0.169. The molecular weight excluding hydrogens is 695 g/mol. The number of hydrogen-bond donors (Lipinski definition) is 0. The summed E-state index contributed by atoms with van der Waals surface area (Å²) in [4.78, 5) is 19.3. The second kappa shape index (κ2) is 12.4. The van der Waals surface area contributed by atoms with Crippen LogP contribution in [0, 0.1) is 0 Å². The van der Waals surface area contributed by atoms with Gasteiger partial charge >= 0.3 is 0 Å². The summed E-state index contributed by atoms with van der Waals surface area (Å²) < 4.78 is 4.17. The third-order valence-corrected chi connectivity index (χ3v) is 12.3. The average molecular weight is 730 g/mol. The van der Waals surface area contributed by atoms with E-state index in [1.54, 1.807) is 0 Å². The van der Waals surface area contributed by atoms with Crippen molar-refractivity contribution < 1.29 is 0 Å². The first-order valence-corrected chi connectivity index (χ1v) is 19.8. The normalized spacial score (nSPS) is 14.1. The fourth-order valence-electron chi connectivity index (χ4n) is 9.72. The molecule has 3 aromatic heterocycles. The molecule has 0 N–H and O–H groups in total. The molecule has 1 atom stereocenters. The zero-order valence-electron chi connectivity index (χ0n) is 31.1. The Morgan fingerprint density at radius 2 is 1.19 bits per heavy atom. The summed E-state index contributed by atoms with van der Waals surface area (Å²) in [5, 5.41) is 5.01. The Bertz CT molecular complexity index is 3430. The van der Waals surface area contributed by atoms with Gasteiger partial charge < -0.3 is 4.57 Å². The van der Waals surface area contributed by atoms with Gasteiger partial charge in [0.2, 0.25) is 0 Å². The third kappa shape index (κ3) is 4.80. The maximum absolute atomic E-state index is 14.1. The zero-order chi connectivity index (χ0) is 37.6. The van der Waals surface area contributed by atoms with E-state index >= 15 is 0 Å². The van der Waals surface area contributed by atoms with Gasteiger partial charge in [-0.05, 0) is 99.6 Å². The van der Waals surface area contributed by atoms with Crippen LogP contribution in [-0.4, -0.2) is 14.0 Å². The second-order valence-corrected chi connectivity index (χ2v) is 15.4. The van der Waals surface area contributed by atoms with E-state index in [0.29, 0.717) is 17.1 Å². The van der Waals surface area contributed by atoms with Crippen LogP contribution < -0.4 is 5.56 Å². The van der Waals surface area contributed by atoms with E-state index in [-0.39, 0.29) is 5.56 Å². The monoisotopic (exact) mass is 729 g/mol. The summed E-state index contributed by atoms with van der Waals surface area (Å²) in [5.41, 5.74) is 15.0. The van der Waals surface area contributed by atoms with Gasteiger partial charge in [0, 0.05) is 38.7 Å². The number of fused-ring (bicyclic) bond motifs is 8. The zero-order valence-corrected chi connectivity index (χ0v) is 31.1. The van der Waals surface area contributed by atoms with Gasteiger partial charge in [-0.3, -0.25) is 9.20 Å². The van der Waals surface area contributed by atoms with Crippen molar-refractivity contribution in [2.24, 2.45) is 0 Å². The van der Waals surface area contributed by atoms with E-state index in [0.717, 1.165) is 56.9 Å². The minimum absolute atomic E-state index is 0.0477. The van der Waals surface area contributed by atoms with Crippen LogP contribution in [0.2, 0.25) is 0 Å². The topological polar surface area (TPSA) is 39.3 Å². The number of para-hydroxylation sites is 1. The molecule has 0 radical (unpaired) electrons. The Kier molecular flexibility index (Phi) is 6.93. The van der Waals surface area contributed by atoms with E-state index in [4.69, 9.17) is 4.98 Å². The van der Waals surface area contributed by atoms with Gasteiger partial charge in [-0.2, -0.15) is 0 Å². The standard InChI is InChI=1S/C53H35N3O/c57-53-44-21-10-9-19-41(44)47-31-38(32-48-51(47)56(53)52(54-48)35-16-5-2-6-17-35)55-49-22-12-11-20-43(49)46-30-37(25-28-50(46)55)36-24-27-42-40(33-13-3-1-4-14-33)26-23-34-15-7-8-18-39(34)45(42)29-36/h1-22,24-25,27-32,40H,23,26H2. The van der Waals surface area contributed by atoms with Gasteiger partial charge in [-0.25, -0.2) is 4.98 Å². The van der Waals surface area contributed by atoms with Gasteiger partial charge in [0.05, 0.1) is 22.1 Å². The molecule has 4 nitrogen and oxygen atoms in total. The highest BCUT2D eigenvalue weighted by atomic mass is 16.1. The molecule has 12 rings (SSSR count). The van der Waals surface area contributed by atoms with E-state index < -0.39 is 0 Å². The number of hydrogen-bond acceptors (Lipinski definition) is 2. The lowest BCUT2D eigenvalue weighted by Gasteiger charge is -2.19. The molecule has 1 aliphatic carbocycles. The number of pyridine rings is 1. The van der Waals surface area contributed by atoms with Crippen molar-refractivity contribution in [1.82, 2.24) is 14.0 Å². The molecule has 0 aliphatic heterocycles. The van der Waals surface area contributed by atoms with Crippen LogP contribution in [0.1, 0.15) is 29.0 Å². The average Bonchev–Trinajstić information content (AvgIpc) is 3.77. The summed E-state index contributed by atoms with van der Waals surface area (Å²) in [6, 6.07) is 65.0. The molecule has 11 aromatic rings. The molecule has 0 saturated carbocycles. The van der Waals surface area contributed by atoms with E-state index in [1.165, 1.54) is 49.7 Å². The first kappa shape index (κ1) is 32.0. The lowest BCUT2D eigenvalue weighted by molar-refractivity contribution is 0.726. The lowest BCUT2D eigenvalue weighted by Crippen LogP contribution is -2.14. The van der Waals surface area contributed by atoms with E-state index in [1.807, 2.05) is 52.9 Å². The Morgan fingerprint density at radius 3 is 2.05 bits per heavy atom. The number of imidazole rings is 1. The largest absolute Gasteiger partial charge is 0.309 e. The highest BCUT2D eigenvalue weighted by molar-refractivity contribution is 6.14. The third-order valence-electron chi connectivity index (χ3n) is 12.3. The van der Waals surface area contributed by atoms with Gasteiger partial charge in [0.15, 0.2) is 0 Å². The summed E-state index contributed by atoms with van der Waals surface area (Å²) in [5.74, 6) is 1.000. The molecule has 0 spiro atoms. The van der Waals surface area contributed by atoms with Crippen LogP contribution in [0.5, 0.6) is 0 Å². The molecule has 8 aromatic carbocycles. The van der Waals surface area contributed by atoms with Crippen LogP contribution in [0.3, 0.4) is 0 Å². The molecular formula is C53H35N3O. The molecule has 1 unspecified atom stereocenters. The van der Waals surface area contributed by atoms with Crippen LogP contribution in [0.4, 0.5) is 0 Å². The number of aryl methyl sites for hydroxylation is 1. The molecule has 0 bridgehead atoms. The number of rotatable bonds is 4. The molecule has 57 heavy (non-hydrogen) atoms. The van der Waals surface area contributed by atoms with Crippen molar-refractivity contribution in [2.45, 2.75) is 18.8 Å². The summed E-state index contributed by atoms with van der Waals surface area (Å²) in [6.07, 6.45) is 2.14. The van der Waals surface area contributed by atoms with Crippen LogP contribution in [-0.2, 0) is 6.42 Å². The van der Waals surface area contributed by atoms with Crippen LogP contribution in [0.25, 0.3) is 88.3 Å². The molecule has 268 valence electrons. The molecule has 3 heterocycles. The minimum atomic E-state index is -0.0477. The van der Waals surface area contributed by atoms with Gasteiger partial charge in [-0.1, -0.05) is 140 Å². The first-order valence-electron chi connectivity index (χ1n) is 19.8. The molecule has 0 amide bonds. The van der Waals surface area contributed by atoms with Crippen LogP contribution >= 0.6 is 0 Å². The Balaban J connectivity index is 1.07. The van der Waals surface area contributed by atoms with Crippen molar-refractivity contribution in [3.05, 3.63) is 209 Å². The highest BCUT2D eigenvalue weighted by Crippen LogP contribution is 2.44. The number of benzene rings is 8. The van der Waals surface area contributed by atoms with Gasteiger partial charge in [0.25, 0.3) is 5.56 Å². The van der Waals surface area contributed by atoms with Crippen molar-refractivity contribution >= 4 is 49.0 Å². The SMILES string of the molecule is O=c1c2ccccc2c2cc(-n3c4ccccc4c4cc(-c5ccc6c(c5)-c5ccccc5CCC6c5ccccc5)ccc43)cc3nc(-c4ccccc4)n1c32. The molecule has 1 aliphatic rings. The van der Waals surface area contributed by atoms with E-state index in [2.05, 4.69) is 138 Å². The predicted octanol–water partition coefficient (Wildman–Crippen LogP) is 12.6. The maximum Gasteiger partial charge on any atom is 0.264 e. The first-order chi connectivity index (χ1) is 28.2. The summed E-state index contributed by atoms with van der Waals surface area (Å²) >= 11 is 0.